The quantitative estimate of drug-likeness (QED) is 0.797. The van der Waals surface area contributed by atoms with Crippen molar-refractivity contribution in [2.75, 3.05) is 0 Å². The fourth-order valence-corrected chi connectivity index (χ4v) is 1.43. The van der Waals surface area contributed by atoms with Gasteiger partial charge in [0.1, 0.15) is 6.33 Å². The van der Waals surface area contributed by atoms with Gasteiger partial charge in [-0.1, -0.05) is 13.8 Å². The first-order valence-corrected chi connectivity index (χ1v) is 5.13. The van der Waals surface area contributed by atoms with Crippen molar-refractivity contribution in [3.8, 4) is 0 Å². The average Bonchev–Trinajstić information content (AvgIpc) is 2.15. The first kappa shape index (κ1) is 11.1. The molecule has 0 saturated heterocycles. The van der Waals surface area contributed by atoms with E-state index in [0.717, 1.165) is 24.1 Å². The Morgan fingerprint density at radius 3 is 2.64 bits per heavy atom. The summed E-state index contributed by atoms with van der Waals surface area (Å²) >= 11 is 0. The summed E-state index contributed by atoms with van der Waals surface area (Å²) in [5.74, 6) is 0.700. The summed E-state index contributed by atoms with van der Waals surface area (Å²) in [6.07, 6.45) is 5.54. The third kappa shape index (κ3) is 3.07. The molecule has 0 bridgehead atoms. The Labute approximate surface area is 85.8 Å². The minimum absolute atomic E-state index is 0.0820. The number of aryl methyl sites for hydroxylation is 1. The van der Waals surface area contributed by atoms with Crippen molar-refractivity contribution < 1.29 is 0 Å². The van der Waals surface area contributed by atoms with Crippen LogP contribution in [0.2, 0.25) is 0 Å². The number of aromatic nitrogens is 2. The molecule has 3 heteroatoms. The molecule has 0 amide bonds. The van der Waals surface area contributed by atoms with Crippen LogP contribution in [0.25, 0.3) is 0 Å². The molecule has 0 saturated carbocycles. The first-order chi connectivity index (χ1) is 6.61. The third-order valence-electron chi connectivity index (χ3n) is 2.40. The molecular formula is C11H19N3. The lowest BCUT2D eigenvalue weighted by atomic mass is 9.99. The largest absolute Gasteiger partial charge is 0.324 e. The summed E-state index contributed by atoms with van der Waals surface area (Å²) in [7, 11) is 0. The maximum atomic E-state index is 6.06. The van der Waals surface area contributed by atoms with Crippen molar-refractivity contribution in [2.24, 2.45) is 11.7 Å². The Hall–Kier alpha value is -0.960. The van der Waals surface area contributed by atoms with Crippen LogP contribution >= 0.6 is 0 Å². The number of rotatable bonds is 4. The molecule has 1 aromatic heterocycles. The van der Waals surface area contributed by atoms with E-state index in [-0.39, 0.29) is 6.04 Å². The number of hydrogen-bond acceptors (Lipinski definition) is 3. The highest BCUT2D eigenvalue weighted by molar-refractivity contribution is 5.18. The molecule has 0 radical (unpaired) electrons. The second-order valence-electron chi connectivity index (χ2n) is 4.14. The fourth-order valence-electron chi connectivity index (χ4n) is 1.43. The molecule has 0 aromatic carbocycles. The van der Waals surface area contributed by atoms with Gasteiger partial charge < -0.3 is 5.73 Å². The molecule has 0 fully saturated rings. The summed E-state index contributed by atoms with van der Waals surface area (Å²) in [5, 5.41) is 0. The summed E-state index contributed by atoms with van der Waals surface area (Å²) in [5.41, 5.74) is 8.14. The molecule has 1 aromatic rings. The van der Waals surface area contributed by atoms with Gasteiger partial charge in [-0.3, -0.25) is 0 Å². The van der Waals surface area contributed by atoms with Crippen molar-refractivity contribution >= 4 is 0 Å². The summed E-state index contributed by atoms with van der Waals surface area (Å²) < 4.78 is 0. The van der Waals surface area contributed by atoms with E-state index in [1.54, 1.807) is 6.33 Å². The minimum Gasteiger partial charge on any atom is -0.324 e. The smallest absolute Gasteiger partial charge is 0.115 e. The lowest BCUT2D eigenvalue weighted by Crippen LogP contribution is -2.13. The molecule has 14 heavy (non-hydrogen) atoms. The van der Waals surface area contributed by atoms with Gasteiger partial charge in [-0.2, -0.15) is 0 Å². The standard InChI is InChI=1S/C11H19N3/c1-8(2)4-5-11(12)10-6-13-7-14-9(10)3/h6-8,11H,4-5,12H2,1-3H3. The maximum absolute atomic E-state index is 6.06. The molecule has 1 rings (SSSR count). The predicted molar refractivity (Wildman–Crippen MR) is 57.8 cm³/mol. The predicted octanol–water partition coefficient (Wildman–Crippen LogP) is 2.22. The van der Waals surface area contributed by atoms with E-state index in [9.17, 15) is 0 Å². The Bertz CT molecular complexity index is 284. The second-order valence-corrected chi connectivity index (χ2v) is 4.14. The van der Waals surface area contributed by atoms with Gasteiger partial charge in [0, 0.05) is 23.5 Å². The van der Waals surface area contributed by atoms with E-state index < -0.39 is 0 Å². The highest BCUT2D eigenvalue weighted by atomic mass is 14.8. The summed E-state index contributed by atoms with van der Waals surface area (Å²) in [4.78, 5) is 8.14. The van der Waals surface area contributed by atoms with Gasteiger partial charge in [0.05, 0.1) is 0 Å². The normalized spacial score (nSPS) is 13.2. The monoisotopic (exact) mass is 193 g/mol. The van der Waals surface area contributed by atoms with Gasteiger partial charge in [-0.25, -0.2) is 9.97 Å². The summed E-state index contributed by atoms with van der Waals surface area (Å²) in [6.45, 7) is 6.40. The van der Waals surface area contributed by atoms with Gasteiger partial charge in [0.15, 0.2) is 0 Å². The van der Waals surface area contributed by atoms with Gasteiger partial charge >= 0.3 is 0 Å². The van der Waals surface area contributed by atoms with Crippen molar-refractivity contribution in [3.05, 3.63) is 23.8 Å². The molecule has 3 nitrogen and oxygen atoms in total. The molecule has 1 unspecified atom stereocenters. The van der Waals surface area contributed by atoms with Crippen LogP contribution in [-0.2, 0) is 0 Å². The van der Waals surface area contributed by atoms with E-state index in [1.165, 1.54) is 0 Å². The van der Waals surface area contributed by atoms with Crippen LogP contribution in [0.3, 0.4) is 0 Å². The van der Waals surface area contributed by atoms with Gasteiger partial charge in [0.2, 0.25) is 0 Å². The number of hydrogen-bond donors (Lipinski definition) is 1. The number of nitrogens with two attached hydrogens (primary N) is 1. The van der Waals surface area contributed by atoms with Crippen molar-refractivity contribution in [1.29, 1.82) is 0 Å². The van der Waals surface area contributed by atoms with Crippen molar-refractivity contribution in [3.63, 3.8) is 0 Å². The average molecular weight is 193 g/mol. The molecule has 0 aliphatic heterocycles. The van der Waals surface area contributed by atoms with Crippen LogP contribution in [0.4, 0.5) is 0 Å². The molecule has 2 N–H and O–H groups in total. The molecule has 78 valence electrons. The van der Waals surface area contributed by atoms with Crippen LogP contribution < -0.4 is 5.73 Å². The maximum Gasteiger partial charge on any atom is 0.115 e. The molecular weight excluding hydrogens is 174 g/mol. The van der Waals surface area contributed by atoms with E-state index >= 15 is 0 Å². The van der Waals surface area contributed by atoms with Crippen molar-refractivity contribution in [2.45, 2.75) is 39.7 Å². The SMILES string of the molecule is Cc1ncncc1C(N)CCC(C)C. The van der Waals surface area contributed by atoms with Crippen LogP contribution in [-0.4, -0.2) is 9.97 Å². The Balaban J connectivity index is 2.60. The molecule has 0 aliphatic carbocycles. The zero-order valence-electron chi connectivity index (χ0n) is 9.20. The van der Waals surface area contributed by atoms with E-state index in [1.807, 2.05) is 13.1 Å². The zero-order chi connectivity index (χ0) is 10.6. The van der Waals surface area contributed by atoms with Crippen molar-refractivity contribution in [1.82, 2.24) is 9.97 Å². The van der Waals surface area contributed by atoms with Gasteiger partial charge in [0.25, 0.3) is 0 Å². The first-order valence-electron chi connectivity index (χ1n) is 5.13. The van der Waals surface area contributed by atoms with Gasteiger partial charge in [-0.05, 0) is 25.7 Å². The van der Waals surface area contributed by atoms with Crippen LogP contribution in [0.5, 0.6) is 0 Å². The zero-order valence-corrected chi connectivity index (χ0v) is 9.20. The van der Waals surface area contributed by atoms with E-state index in [4.69, 9.17) is 5.73 Å². The van der Waals surface area contributed by atoms with Gasteiger partial charge in [-0.15, -0.1) is 0 Å². The Kier molecular flexibility index (Phi) is 4.01. The Morgan fingerprint density at radius 1 is 1.36 bits per heavy atom. The lowest BCUT2D eigenvalue weighted by molar-refractivity contribution is 0.504. The van der Waals surface area contributed by atoms with E-state index in [2.05, 4.69) is 23.8 Å². The molecule has 0 aliphatic rings. The second kappa shape index (κ2) is 5.05. The third-order valence-corrected chi connectivity index (χ3v) is 2.40. The van der Waals surface area contributed by atoms with Crippen LogP contribution in [0.1, 0.15) is 44.0 Å². The minimum atomic E-state index is 0.0820. The van der Waals surface area contributed by atoms with Crippen LogP contribution in [0.15, 0.2) is 12.5 Å². The Morgan fingerprint density at radius 2 is 2.07 bits per heavy atom. The lowest BCUT2D eigenvalue weighted by Gasteiger charge is -2.14. The molecule has 0 spiro atoms. The fraction of sp³-hybridized carbons (Fsp3) is 0.636. The summed E-state index contributed by atoms with van der Waals surface area (Å²) in [6, 6.07) is 0.0820. The highest BCUT2D eigenvalue weighted by Gasteiger charge is 2.10. The molecule has 1 heterocycles. The van der Waals surface area contributed by atoms with E-state index in [0.29, 0.717) is 5.92 Å². The number of nitrogens with zero attached hydrogens (tertiary/aromatic N) is 2. The molecule has 1 atom stereocenters. The van der Waals surface area contributed by atoms with Crippen LogP contribution in [0, 0.1) is 12.8 Å². The topological polar surface area (TPSA) is 51.8 Å². The highest BCUT2D eigenvalue weighted by Crippen LogP contribution is 2.19.